The monoisotopic (exact) mass is 285 g/mol. The predicted molar refractivity (Wildman–Crippen MR) is 76.6 cm³/mol. The van der Waals surface area contributed by atoms with Gasteiger partial charge < -0.3 is 14.8 Å². The molecule has 5 heteroatoms. The Morgan fingerprint density at radius 1 is 1.14 bits per heavy atom. The van der Waals surface area contributed by atoms with Gasteiger partial charge in [-0.1, -0.05) is 18.2 Å². The van der Waals surface area contributed by atoms with E-state index in [0.717, 1.165) is 5.56 Å². The second-order valence-electron chi connectivity index (χ2n) is 4.42. The molecule has 4 nitrogen and oxygen atoms in total. The molecule has 1 amide bonds. The maximum absolute atomic E-state index is 13.4. The van der Waals surface area contributed by atoms with Crippen molar-refractivity contribution in [3.63, 3.8) is 0 Å². The van der Waals surface area contributed by atoms with E-state index in [9.17, 15) is 9.18 Å². The molecule has 0 radical (unpaired) electrons. The molecule has 3 rings (SSSR count). The number of hydrogen-bond donors (Lipinski definition) is 1. The van der Waals surface area contributed by atoms with Crippen LogP contribution >= 0.6 is 0 Å². The Kier molecular flexibility index (Phi) is 3.55. The van der Waals surface area contributed by atoms with Gasteiger partial charge in [-0.05, 0) is 35.9 Å². The van der Waals surface area contributed by atoms with Gasteiger partial charge in [-0.3, -0.25) is 4.79 Å². The molecule has 1 heterocycles. The highest BCUT2D eigenvalue weighted by atomic mass is 19.1. The molecule has 1 N–H and O–H groups in total. The number of fused-ring (bicyclic) bond motifs is 1. The summed E-state index contributed by atoms with van der Waals surface area (Å²) in [5.41, 5.74) is 0.945. The molecule has 0 bridgehead atoms. The van der Waals surface area contributed by atoms with Crippen LogP contribution in [0.1, 0.15) is 5.56 Å². The molecular formula is C16H12FNO3. The van der Waals surface area contributed by atoms with Gasteiger partial charge in [0.1, 0.15) is 5.82 Å². The first-order chi connectivity index (χ1) is 10.2. The Labute approximate surface area is 120 Å². The predicted octanol–water partition coefficient (Wildman–Crippen LogP) is 3.21. The summed E-state index contributed by atoms with van der Waals surface area (Å²) in [5.74, 6) is 0.453. The number of amides is 1. The second kappa shape index (κ2) is 5.66. The first-order valence-electron chi connectivity index (χ1n) is 6.35. The molecule has 21 heavy (non-hydrogen) atoms. The molecule has 0 spiro atoms. The zero-order valence-electron chi connectivity index (χ0n) is 11.0. The summed E-state index contributed by atoms with van der Waals surface area (Å²) in [7, 11) is 0. The van der Waals surface area contributed by atoms with Crippen molar-refractivity contribution in [1.82, 2.24) is 0 Å². The van der Waals surface area contributed by atoms with E-state index in [1.807, 2.05) is 0 Å². The maximum Gasteiger partial charge on any atom is 0.248 e. The number of benzene rings is 2. The van der Waals surface area contributed by atoms with Crippen LogP contribution in [0.25, 0.3) is 6.08 Å². The van der Waals surface area contributed by atoms with E-state index in [1.54, 1.807) is 36.4 Å². The van der Waals surface area contributed by atoms with Crippen molar-refractivity contribution >= 4 is 17.7 Å². The van der Waals surface area contributed by atoms with Crippen molar-refractivity contribution in [2.45, 2.75) is 0 Å². The van der Waals surface area contributed by atoms with Gasteiger partial charge in [0, 0.05) is 6.08 Å². The summed E-state index contributed by atoms with van der Waals surface area (Å²) >= 11 is 0. The van der Waals surface area contributed by atoms with Gasteiger partial charge >= 0.3 is 0 Å². The quantitative estimate of drug-likeness (QED) is 0.881. The van der Waals surface area contributed by atoms with Gasteiger partial charge in [-0.2, -0.15) is 0 Å². The van der Waals surface area contributed by atoms with Crippen molar-refractivity contribution < 1.29 is 18.7 Å². The molecule has 1 aliphatic heterocycles. The highest BCUT2D eigenvalue weighted by Crippen LogP contribution is 2.32. The number of para-hydroxylation sites is 1. The molecule has 2 aromatic carbocycles. The number of rotatable bonds is 3. The standard InChI is InChI=1S/C16H12FNO3/c17-12-3-1-2-4-13(12)18-16(19)8-6-11-5-7-14-15(9-11)21-10-20-14/h1-9H,10H2,(H,18,19). The number of anilines is 1. The van der Waals surface area contributed by atoms with Gasteiger partial charge in [-0.25, -0.2) is 4.39 Å². The summed E-state index contributed by atoms with van der Waals surface area (Å²) in [6.07, 6.45) is 2.96. The lowest BCUT2D eigenvalue weighted by molar-refractivity contribution is -0.111. The summed E-state index contributed by atoms with van der Waals surface area (Å²) in [6.45, 7) is 0.205. The molecule has 0 atom stereocenters. The Balaban J connectivity index is 1.68. The number of carbonyl (C=O) groups is 1. The SMILES string of the molecule is O=C(C=Cc1ccc2c(c1)OCO2)Nc1ccccc1F. The molecule has 0 aromatic heterocycles. The normalized spacial score (nSPS) is 12.6. The van der Waals surface area contributed by atoms with Crippen LogP contribution in [0, 0.1) is 5.82 Å². The number of halogens is 1. The maximum atomic E-state index is 13.4. The average Bonchev–Trinajstić information content (AvgIpc) is 2.95. The third-order valence-electron chi connectivity index (χ3n) is 2.96. The van der Waals surface area contributed by atoms with Crippen molar-refractivity contribution in [3.8, 4) is 11.5 Å². The average molecular weight is 285 g/mol. The van der Waals surface area contributed by atoms with Gasteiger partial charge in [0.15, 0.2) is 11.5 Å². The van der Waals surface area contributed by atoms with E-state index < -0.39 is 11.7 Å². The molecule has 0 fully saturated rings. The first-order valence-corrected chi connectivity index (χ1v) is 6.35. The lowest BCUT2D eigenvalue weighted by Gasteiger charge is -2.03. The van der Waals surface area contributed by atoms with E-state index in [4.69, 9.17) is 9.47 Å². The largest absolute Gasteiger partial charge is 0.454 e. The second-order valence-corrected chi connectivity index (χ2v) is 4.42. The van der Waals surface area contributed by atoms with E-state index in [0.29, 0.717) is 11.5 Å². The summed E-state index contributed by atoms with van der Waals surface area (Å²) in [4.78, 5) is 11.8. The minimum absolute atomic E-state index is 0.151. The van der Waals surface area contributed by atoms with Crippen LogP contribution in [-0.4, -0.2) is 12.7 Å². The Morgan fingerprint density at radius 3 is 2.81 bits per heavy atom. The van der Waals surface area contributed by atoms with Crippen LogP contribution < -0.4 is 14.8 Å². The van der Waals surface area contributed by atoms with Crippen LogP contribution in [0.15, 0.2) is 48.5 Å². The third kappa shape index (κ3) is 3.02. The van der Waals surface area contributed by atoms with E-state index >= 15 is 0 Å². The van der Waals surface area contributed by atoms with E-state index in [-0.39, 0.29) is 12.5 Å². The minimum atomic E-state index is -0.470. The highest BCUT2D eigenvalue weighted by molar-refractivity contribution is 6.02. The molecule has 1 aliphatic rings. The molecular weight excluding hydrogens is 273 g/mol. The topological polar surface area (TPSA) is 47.6 Å². The van der Waals surface area contributed by atoms with Gasteiger partial charge in [-0.15, -0.1) is 0 Å². The number of nitrogens with one attached hydrogen (secondary N) is 1. The van der Waals surface area contributed by atoms with Crippen molar-refractivity contribution in [3.05, 3.63) is 59.9 Å². The van der Waals surface area contributed by atoms with E-state index in [1.165, 1.54) is 18.2 Å². The number of ether oxygens (including phenoxy) is 2. The van der Waals surface area contributed by atoms with Crippen LogP contribution in [0.5, 0.6) is 11.5 Å². The number of carbonyl (C=O) groups excluding carboxylic acids is 1. The fourth-order valence-electron chi connectivity index (χ4n) is 1.93. The molecule has 0 saturated carbocycles. The molecule has 106 valence electrons. The van der Waals surface area contributed by atoms with Crippen molar-refractivity contribution in [2.24, 2.45) is 0 Å². The van der Waals surface area contributed by atoms with E-state index in [2.05, 4.69) is 5.32 Å². The van der Waals surface area contributed by atoms with Gasteiger partial charge in [0.2, 0.25) is 12.7 Å². The zero-order chi connectivity index (χ0) is 14.7. The number of hydrogen-bond acceptors (Lipinski definition) is 3. The lowest BCUT2D eigenvalue weighted by atomic mass is 10.2. The highest BCUT2D eigenvalue weighted by Gasteiger charge is 2.12. The first kappa shape index (κ1) is 13.2. The smallest absolute Gasteiger partial charge is 0.248 e. The van der Waals surface area contributed by atoms with Crippen LogP contribution in [0.4, 0.5) is 10.1 Å². The molecule has 0 aliphatic carbocycles. The Bertz CT molecular complexity index is 712. The van der Waals surface area contributed by atoms with Crippen LogP contribution in [-0.2, 0) is 4.79 Å². The fraction of sp³-hybridized carbons (Fsp3) is 0.0625. The summed E-state index contributed by atoms with van der Waals surface area (Å²) in [6, 6.07) is 11.4. The Morgan fingerprint density at radius 2 is 1.95 bits per heavy atom. The van der Waals surface area contributed by atoms with Gasteiger partial charge in [0.25, 0.3) is 0 Å². The zero-order valence-corrected chi connectivity index (χ0v) is 11.0. The summed E-state index contributed by atoms with van der Waals surface area (Å²) in [5, 5.41) is 2.48. The van der Waals surface area contributed by atoms with Crippen molar-refractivity contribution in [1.29, 1.82) is 0 Å². The molecule has 2 aromatic rings. The minimum Gasteiger partial charge on any atom is -0.454 e. The van der Waals surface area contributed by atoms with Crippen molar-refractivity contribution in [2.75, 3.05) is 12.1 Å². The molecule has 0 saturated heterocycles. The molecule has 0 unspecified atom stereocenters. The summed E-state index contributed by atoms with van der Waals surface area (Å²) < 4.78 is 23.8. The van der Waals surface area contributed by atoms with Crippen LogP contribution in [0.3, 0.4) is 0 Å². The lowest BCUT2D eigenvalue weighted by Crippen LogP contribution is -2.08. The van der Waals surface area contributed by atoms with Crippen LogP contribution in [0.2, 0.25) is 0 Å². The Hall–Kier alpha value is -2.82. The van der Waals surface area contributed by atoms with Gasteiger partial charge in [0.05, 0.1) is 5.69 Å². The fourth-order valence-corrected chi connectivity index (χ4v) is 1.93. The third-order valence-corrected chi connectivity index (χ3v) is 2.96.